The van der Waals surface area contributed by atoms with E-state index in [1.54, 1.807) is 18.2 Å². The van der Waals surface area contributed by atoms with E-state index in [4.69, 9.17) is 11.6 Å². The summed E-state index contributed by atoms with van der Waals surface area (Å²) in [5.74, 6) is -0.318. The number of imide groups is 1. The predicted octanol–water partition coefficient (Wildman–Crippen LogP) is 2.37. The maximum absolute atomic E-state index is 11.9. The third kappa shape index (κ3) is 3.64. The highest BCUT2D eigenvalue weighted by Crippen LogP contribution is 2.20. The summed E-state index contributed by atoms with van der Waals surface area (Å²) in [5, 5.41) is 2.91. The lowest BCUT2D eigenvalue weighted by atomic mass is 10.2. The van der Waals surface area contributed by atoms with E-state index in [0.29, 0.717) is 10.6 Å². The van der Waals surface area contributed by atoms with Crippen LogP contribution in [0.1, 0.15) is 10.4 Å². The van der Waals surface area contributed by atoms with Crippen LogP contribution in [0.25, 0.3) is 0 Å². The van der Waals surface area contributed by atoms with Gasteiger partial charge in [0.05, 0.1) is 10.8 Å². The molecule has 3 amide bonds. The van der Waals surface area contributed by atoms with Crippen LogP contribution in [-0.4, -0.2) is 40.8 Å². The second kappa shape index (κ2) is 6.77. The van der Waals surface area contributed by atoms with Crippen molar-refractivity contribution in [2.45, 2.75) is 0 Å². The van der Waals surface area contributed by atoms with Gasteiger partial charge in [-0.3, -0.25) is 19.3 Å². The van der Waals surface area contributed by atoms with E-state index in [0.717, 1.165) is 20.2 Å². The standard InChI is InChI=1S/C12H10ClIN2O3S/c13-8-5-7(1-2-9(8)14)11(18)15-3-4-16-10(17)6-20-12(16)19/h1-2,5H,3-4,6H2,(H,15,18). The summed E-state index contributed by atoms with van der Waals surface area (Å²) in [6.45, 7) is 0.412. The summed E-state index contributed by atoms with van der Waals surface area (Å²) in [5.41, 5.74) is 0.448. The summed E-state index contributed by atoms with van der Waals surface area (Å²) in [7, 11) is 0. The Labute approximate surface area is 138 Å². The largest absolute Gasteiger partial charge is 0.350 e. The molecule has 2 rings (SSSR count). The molecule has 0 aliphatic carbocycles. The molecule has 106 valence electrons. The van der Waals surface area contributed by atoms with Crippen molar-refractivity contribution >= 4 is 63.0 Å². The van der Waals surface area contributed by atoms with Crippen molar-refractivity contribution in [2.75, 3.05) is 18.8 Å². The molecule has 1 fully saturated rings. The molecule has 0 aromatic heterocycles. The molecule has 5 nitrogen and oxygen atoms in total. The summed E-state index contributed by atoms with van der Waals surface area (Å²) >= 11 is 9.00. The van der Waals surface area contributed by atoms with Crippen LogP contribution < -0.4 is 5.32 Å². The molecule has 0 saturated carbocycles. The normalized spacial score (nSPS) is 14.8. The van der Waals surface area contributed by atoms with Crippen molar-refractivity contribution in [1.82, 2.24) is 10.2 Å². The molecular formula is C12H10ClIN2O3S. The number of benzene rings is 1. The van der Waals surface area contributed by atoms with Crippen LogP contribution in [0.15, 0.2) is 18.2 Å². The highest BCUT2D eigenvalue weighted by molar-refractivity contribution is 14.1. The molecule has 0 spiro atoms. The molecule has 1 aromatic rings. The molecule has 0 atom stereocenters. The first-order valence-electron chi connectivity index (χ1n) is 5.69. The highest BCUT2D eigenvalue weighted by atomic mass is 127. The lowest BCUT2D eigenvalue weighted by Gasteiger charge is -2.13. The highest BCUT2D eigenvalue weighted by Gasteiger charge is 2.29. The van der Waals surface area contributed by atoms with Crippen molar-refractivity contribution in [3.8, 4) is 0 Å². The van der Waals surface area contributed by atoms with Crippen molar-refractivity contribution in [2.24, 2.45) is 0 Å². The van der Waals surface area contributed by atoms with Gasteiger partial charge in [-0.2, -0.15) is 0 Å². The molecule has 1 aliphatic rings. The minimum Gasteiger partial charge on any atom is -0.350 e. The third-order valence-corrected chi connectivity index (χ3v) is 5.07. The monoisotopic (exact) mass is 424 g/mol. The Balaban J connectivity index is 1.87. The quantitative estimate of drug-likeness (QED) is 0.754. The molecule has 1 aliphatic heterocycles. The number of carbonyl (C=O) groups is 3. The number of halogens is 2. The zero-order valence-electron chi connectivity index (χ0n) is 10.2. The summed E-state index contributed by atoms with van der Waals surface area (Å²) in [4.78, 5) is 35.7. The first-order valence-corrected chi connectivity index (χ1v) is 8.13. The molecule has 1 heterocycles. The fraction of sp³-hybridized carbons (Fsp3) is 0.250. The van der Waals surface area contributed by atoms with Crippen LogP contribution in [-0.2, 0) is 4.79 Å². The topological polar surface area (TPSA) is 66.5 Å². The van der Waals surface area contributed by atoms with Crippen LogP contribution >= 0.6 is 46.0 Å². The van der Waals surface area contributed by atoms with Gasteiger partial charge >= 0.3 is 0 Å². The molecule has 1 aromatic carbocycles. The number of nitrogens with zero attached hydrogens (tertiary/aromatic N) is 1. The molecule has 0 unspecified atom stereocenters. The van der Waals surface area contributed by atoms with Crippen LogP contribution in [0.5, 0.6) is 0 Å². The van der Waals surface area contributed by atoms with E-state index in [1.165, 1.54) is 0 Å². The minimum absolute atomic E-state index is 0.180. The van der Waals surface area contributed by atoms with E-state index in [2.05, 4.69) is 27.9 Å². The summed E-state index contributed by atoms with van der Waals surface area (Å²) < 4.78 is 0.867. The number of nitrogens with one attached hydrogen (secondary N) is 1. The Hall–Kier alpha value is -0.800. The lowest BCUT2D eigenvalue weighted by molar-refractivity contribution is -0.124. The number of hydrogen-bond donors (Lipinski definition) is 1. The Kier molecular flexibility index (Phi) is 5.28. The smallest absolute Gasteiger partial charge is 0.288 e. The van der Waals surface area contributed by atoms with Gasteiger partial charge in [0.15, 0.2) is 0 Å². The van der Waals surface area contributed by atoms with Gasteiger partial charge in [-0.15, -0.1) is 0 Å². The first kappa shape index (κ1) is 15.6. The fourth-order valence-corrected chi connectivity index (χ4v) is 2.89. The minimum atomic E-state index is -0.282. The van der Waals surface area contributed by atoms with Gasteiger partial charge in [0.1, 0.15) is 0 Å². The molecule has 20 heavy (non-hydrogen) atoms. The Bertz CT molecular complexity index is 566. The number of rotatable bonds is 4. The van der Waals surface area contributed by atoms with Gasteiger partial charge < -0.3 is 5.32 Å². The Morgan fingerprint density at radius 1 is 1.45 bits per heavy atom. The summed E-state index contributed by atoms with van der Waals surface area (Å²) in [6.07, 6.45) is 0. The average molecular weight is 425 g/mol. The van der Waals surface area contributed by atoms with Crippen molar-refractivity contribution in [3.05, 3.63) is 32.4 Å². The molecule has 0 radical (unpaired) electrons. The molecular weight excluding hydrogens is 415 g/mol. The number of thioether (sulfide) groups is 1. The van der Waals surface area contributed by atoms with Gasteiger partial charge in [-0.1, -0.05) is 23.4 Å². The van der Waals surface area contributed by atoms with Crippen LogP contribution in [0.4, 0.5) is 4.79 Å². The molecule has 8 heteroatoms. The third-order valence-electron chi connectivity index (χ3n) is 2.64. The van der Waals surface area contributed by atoms with E-state index in [-0.39, 0.29) is 35.9 Å². The van der Waals surface area contributed by atoms with Gasteiger partial charge in [-0.25, -0.2) is 0 Å². The molecule has 1 saturated heterocycles. The fourth-order valence-electron chi connectivity index (χ4n) is 1.62. The SMILES string of the molecule is O=C(NCCN1C(=O)CSC1=O)c1ccc(I)c(Cl)c1. The number of hydrogen-bond acceptors (Lipinski definition) is 4. The average Bonchev–Trinajstić information content (AvgIpc) is 2.73. The lowest BCUT2D eigenvalue weighted by Crippen LogP contribution is -2.37. The maximum Gasteiger partial charge on any atom is 0.288 e. The number of amides is 3. The second-order valence-electron chi connectivity index (χ2n) is 3.98. The maximum atomic E-state index is 11.9. The van der Waals surface area contributed by atoms with Crippen molar-refractivity contribution in [3.63, 3.8) is 0 Å². The van der Waals surface area contributed by atoms with Crippen molar-refractivity contribution < 1.29 is 14.4 Å². The first-order chi connectivity index (χ1) is 9.49. The zero-order chi connectivity index (χ0) is 14.7. The van der Waals surface area contributed by atoms with E-state index in [1.807, 2.05) is 0 Å². The Morgan fingerprint density at radius 2 is 2.20 bits per heavy atom. The zero-order valence-corrected chi connectivity index (χ0v) is 13.9. The van der Waals surface area contributed by atoms with Gasteiger partial charge in [-0.05, 0) is 40.8 Å². The van der Waals surface area contributed by atoms with E-state index < -0.39 is 0 Å². The van der Waals surface area contributed by atoms with Crippen LogP contribution in [0.2, 0.25) is 5.02 Å². The van der Waals surface area contributed by atoms with E-state index in [9.17, 15) is 14.4 Å². The Morgan fingerprint density at radius 3 is 2.80 bits per heavy atom. The van der Waals surface area contributed by atoms with E-state index >= 15 is 0 Å². The van der Waals surface area contributed by atoms with Crippen molar-refractivity contribution in [1.29, 1.82) is 0 Å². The number of carbonyl (C=O) groups excluding carboxylic acids is 3. The predicted molar refractivity (Wildman–Crippen MR) is 86.1 cm³/mol. The molecule has 1 N–H and O–H groups in total. The van der Waals surface area contributed by atoms with Gasteiger partial charge in [0.25, 0.3) is 11.1 Å². The second-order valence-corrected chi connectivity index (χ2v) is 6.48. The van der Waals surface area contributed by atoms with Gasteiger partial charge in [0, 0.05) is 22.2 Å². The molecule has 0 bridgehead atoms. The summed E-state index contributed by atoms with van der Waals surface area (Å²) in [6, 6.07) is 5.01. The van der Waals surface area contributed by atoms with Crippen LogP contribution in [0, 0.1) is 3.57 Å². The van der Waals surface area contributed by atoms with Gasteiger partial charge in [0.2, 0.25) is 5.91 Å². The van der Waals surface area contributed by atoms with Crippen LogP contribution in [0.3, 0.4) is 0 Å².